The lowest BCUT2D eigenvalue weighted by Gasteiger charge is -2.20. The van der Waals surface area contributed by atoms with Crippen LogP contribution in [0.25, 0.3) is 0 Å². The van der Waals surface area contributed by atoms with Gasteiger partial charge in [-0.3, -0.25) is 0 Å². The quantitative estimate of drug-likeness (QED) is 0.751. The van der Waals surface area contributed by atoms with Gasteiger partial charge in [-0.25, -0.2) is 8.78 Å². The first-order chi connectivity index (χ1) is 10.0. The molecule has 0 fully saturated rings. The summed E-state index contributed by atoms with van der Waals surface area (Å²) in [6.07, 6.45) is 0.416. The van der Waals surface area contributed by atoms with E-state index in [-0.39, 0.29) is 17.7 Å². The summed E-state index contributed by atoms with van der Waals surface area (Å²) in [6, 6.07) is 9.29. The average Bonchev–Trinajstić information content (AvgIpc) is 2.44. The van der Waals surface area contributed by atoms with Crippen LogP contribution in [0.2, 0.25) is 5.02 Å². The Hall–Kier alpha value is -0.970. The van der Waals surface area contributed by atoms with Gasteiger partial charge in [0.2, 0.25) is 0 Å². The van der Waals surface area contributed by atoms with Crippen molar-refractivity contribution in [2.24, 2.45) is 0 Å². The van der Waals surface area contributed by atoms with Crippen molar-refractivity contribution in [3.05, 3.63) is 68.7 Å². The molecule has 0 saturated carbocycles. The second-order valence-electron chi connectivity index (χ2n) is 4.69. The molecule has 2 rings (SSSR count). The SMILES string of the molecule is CCNC(Cc1ccc(Cl)cc1F)c1cccc(F)c1Br. The number of hydrogen-bond donors (Lipinski definition) is 1. The summed E-state index contributed by atoms with van der Waals surface area (Å²) in [5, 5.41) is 3.63. The molecule has 2 aromatic rings. The normalized spacial score (nSPS) is 12.4. The highest BCUT2D eigenvalue weighted by Crippen LogP contribution is 2.29. The molecular weight excluding hydrogens is 360 g/mol. The Morgan fingerprint density at radius 2 is 1.95 bits per heavy atom. The van der Waals surface area contributed by atoms with Gasteiger partial charge < -0.3 is 5.32 Å². The average molecular weight is 375 g/mol. The fourth-order valence-electron chi connectivity index (χ4n) is 2.24. The van der Waals surface area contributed by atoms with Gasteiger partial charge in [0.25, 0.3) is 0 Å². The lowest BCUT2D eigenvalue weighted by molar-refractivity contribution is 0.521. The number of rotatable bonds is 5. The Morgan fingerprint density at radius 1 is 1.19 bits per heavy atom. The Morgan fingerprint density at radius 3 is 2.62 bits per heavy atom. The van der Waals surface area contributed by atoms with Gasteiger partial charge in [-0.15, -0.1) is 0 Å². The molecule has 0 bridgehead atoms. The molecule has 1 nitrogen and oxygen atoms in total. The molecule has 1 atom stereocenters. The maximum Gasteiger partial charge on any atom is 0.137 e. The fraction of sp³-hybridized carbons (Fsp3) is 0.250. The second kappa shape index (κ2) is 7.34. The Kier molecular flexibility index (Phi) is 5.73. The van der Waals surface area contributed by atoms with Crippen LogP contribution in [0.5, 0.6) is 0 Å². The van der Waals surface area contributed by atoms with Crippen molar-refractivity contribution < 1.29 is 8.78 Å². The van der Waals surface area contributed by atoms with Gasteiger partial charge in [0.05, 0.1) is 4.47 Å². The predicted octanol–water partition coefficient (Wildman–Crippen LogP) is 5.27. The van der Waals surface area contributed by atoms with Crippen LogP contribution in [-0.2, 0) is 6.42 Å². The zero-order valence-electron chi connectivity index (χ0n) is 11.5. The zero-order chi connectivity index (χ0) is 15.4. The number of likely N-dealkylation sites (N-methyl/N-ethyl adjacent to an activating group) is 1. The van der Waals surface area contributed by atoms with Gasteiger partial charge >= 0.3 is 0 Å². The molecule has 0 heterocycles. The highest BCUT2D eigenvalue weighted by Gasteiger charge is 2.18. The predicted molar refractivity (Wildman–Crippen MR) is 85.6 cm³/mol. The first-order valence-electron chi connectivity index (χ1n) is 6.64. The highest BCUT2D eigenvalue weighted by atomic mass is 79.9. The lowest BCUT2D eigenvalue weighted by Crippen LogP contribution is -2.24. The van der Waals surface area contributed by atoms with Gasteiger partial charge in [-0.1, -0.05) is 36.7 Å². The molecule has 21 heavy (non-hydrogen) atoms. The molecule has 112 valence electrons. The Labute approximate surface area is 136 Å². The maximum absolute atomic E-state index is 13.9. The van der Waals surface area contributed by atoms with Crippen molar-refractivity contribution in [2.75, 3.05) is 6.54 Å². The van der Waals surface area contributed by atoms with E-state index in [1.54, 1.807) is 18.2 Å². The van der Waals surface area contributed by atoms with E-state index in [2.05, 4.69) is 21.2 Å². The first-order valence-corrected chi connectivity index (χ1v) is 7.81. The van der Waals surface area contributed by atoms with Crippen LogP contribution >= 0.6 is 27.5 Å². The first kappa shape index (κ1) is 16.4. The summed E-state index contributed by atoms with van der Waals surface area (Å²) >= 11 is 9.03. The fourth-order valence-corrected chi connectivity index (χ4v) is 2.93. The molecule has 0 amide bonds. The van der Waals surface area contributed by atoms with Gasteiger partial charge in [-0.05, 0) is 58.2 Å². The lowest BCUT2D eigenvalue weighted by atomic mass is 9.98. The molecule has 0 aliphatic carbocycles. The van der Waals surface area contributed by atoms with Crippen molar-refractivity contribution in [3.8, 4) is 0 Å². The third-order valence-electron chi connectivity index (χ3n) is 3.25. The third-order valence-corrected chi connectivity index (χ3v) is 4.32. The molecule has 0 radical (unpaired) electrons. The second-order valence-corrected chi connectivity index (χ2v) is 5.92. The molecule has 5 heteroatoms. The summed E-state index contributed by atoms with van der Waals surface area (Å²) in [6.45, 7) is 2.65. The van der Waals surface area contributed by atoms with Crippen LogP contribution < -0.4 is 5.32 Å². The smallest absolute Gasteiger partial charge is 0.137 e. The minimum Gasteiger partial charge on any atom is -0.310 e. The van der Waals surface area contributed by atoms with Crippen LogP contribution in [0.3, 0.4) is 0 Å². The van der Waals surface area contributed by atoms with Crippen LogP contribution in [0, 0.1) is 11.6 Å². The van der Waals surface area contributed by atoms with Crippen LogP contribution in [0.1, 0.15) is 24.1 Å². The Balaban J connectivity index is 2.33. The van der Waals surface area contributed by atoms with E-state index in [4.69, 9.17) is 11.6 Å². The van der Waals surface area contributed by atoms with E-state index in [0.717, 1.165) is 5.56 Å². The van der Waals surface area contributed by atoms with E-state index < -0.39 is 0 Å². The summed E-state index contributed by atoms with van der Waals surface area (Å²) in [4.78, 5) is 0. The molecule has 0 spiro atoms. The van der Waals surface area contributed by atoms with Gasteiger partial charge in [0.15, 0.2) is 0 Å². The minimum absolute atomic E-state index is 0.184. The van der Waals surface area contributed by atoms with Crippen molar-refractivity contribution >= 4 is 27.5 Å². The van der Waals surface area contributed by atoms with Crippen molar-refractivity contribution in [2.45, 2.75) is 19.4 Å². The number of hydrogen-bond acceptors (Lipinski definition) is 1. The summed E-state index contributed by atoms with van der Waals surface area (Å²) < 4.78 is 28.0. The van der Waals surface area contributed by atoms with E-state index in [9.17, 15) is 8.78 Å². The van der Waals surface area contributed by atoms with E-state index in [1.165, 1.54) is 12.1 Å². The molecule has 0 aliphatic rings. The van der Waals surface area contributed by atoms with Crippen molar-refractivity contribution in [1.82, 2.24) is 5.32 Å². The van der Waals surface area contributed by atoms with Crippen LogP contribution in [0.4, 0.5) is 8.78 Å². The standard InChI is InChI=1S/C16H15BrClF2N/c1-2-21-15(12-4-3-5-13(19)16(12)17)8-10-6-7-11(18)9-14(10)20/h3-7,9,15,21H,2,8H2,1H3. The van der Waals surface area contributed by atoms with Gasteiger partial charge in [-0.2, -0.15) is 0 Å². The molecule has 1 N–H and O–H groups in total. The van der Waals surface area contributed by atoms with Gasteiger partial charge in [0, 0.05) is 11.1 Å². The Bertz CT molecular complexity index is 634. The van der Waals surface area contributed by atoms with Crippen molar-refractivity contribution in [1.29, 1.82) is 0 Å². The molecule has 0 saturated heterocycles. The topological polar surface area (TPSA) is 12.0 Å². The monoisotopic (exact) mass is 373 g/mol. The maximum atomic E-state index is 13.9. The summed E-state index contributed by atoms with van der Waals surface area (Å²) in [7, 11) is 0. The molecule has 0 aromatic heterocycles. The van der Waals surface area contributed by atoms with Gasteiger partial charge in [0.1, 0.15) is 11.6 Å². The minimum atomic E-state index is -0.349. The van der Waals surface area contributed by atoms with E-state index in [1.807, 2.05) is 13.0 Å². The van der Waals surface area contributed by atoms with E-state index in [0.29, 0.717) is 28.0 Å². The number of nitrogens with one attached hydrogen (secondary N) is 1. The van der Waals surface area contributed by atoms with Crippen molar-refractivity contribution in [3.63, 3.8) is 0 Å². The summed E-state index contributed by atoms with van der Waals surface area (Å²) in [5.74, 6) is -0.676. The largest absolute Gasteiger partial charge is 0.310 e. The molecular formula is C16H15BrClF2N. The van der Waals surface area contributed by atoms with Crippen LogP contribution in [-0.4, -0.2) is 6.54 Å². The number of benzene rings is 2. The number of halogens is 4. The van der Waals surface area contributed by atoms with E-state index >= 15 is 0 Å². The highest BCUT2D eigenvalue weighted by molar-refractivity contribution is 9.10. The van der Waals surface area contributed by atoms with Crippen LogP contribution in [0.15, 0.2) is 40.9 Å². The third kappa shape index (κ3) is 4.02. The summed E-state index contributed by atoms with van der Waals surface area (Å²) in [5.41, 5.74) is 1.31. The molecule has 2 aromatic carbocycles. The molecule has 0 aliphatic heterocycles. The molecule has 1 unspecified atom stereocenters. The zero-order valence-corrected chi connectivity index (χ0v) is 13.8.